The predicted molar refractivity (Wildman–Crippen MR) is 142 cm³/mol. The maximum absolute atomic E-state index is 13.4. The van der Waals surface area contributed by atoms with Gasteiger partial charge in [-0.1, -0.05) is 31.2 Å². The number of likely N-dealkylation sites (tertiary alicyclic amines) is 1. The first-order chi connectivity index (χ1) is 18.4. The average molecular weight is 517 g/mol. The summed E-state index contributed by atoms with van der Waals surface area (Å²) >= 11 is 0. The lowest BCUT2D eigenvalue weighted by Crippen LogP contribution is -2.53. The lowest BCUT2D eigenvalue weighted by Gasteiger charge is -2.31. The van der Waals surface area contributed by atoms with Crippen molar-refractivity contribution < 1.29 is 14.3 Å². The van der Waals surface area contributed by atoms with Gasteiger partial charge in [0.1, 0.15) is 11.7 Å². The number of methoxy groups -OCH3 is 1. The number of hydrogen-bond donors (Lipinski definition) is 1. The van der Waals surface area contributed by atoms with Crippen molar-refractivity contribution in [2.75, 3.05) is 13.7 Å². The zero-order valence-electron chi connectivity index (χ0n) is 22.0. The van der Waals surface area contributed by atoms with Crippen molar-refractivity contribution in [3.8, 4) is 17.1 Å². The Bertz CT molecular complexity index is 1390. The molecule has 2 aliphatic heterocycles. The number of rotatable bonds is 7. The number of amides is 2. The molecule has 1 aromatic carbocycles. The van der Waals surface area contributed by atoms with Gasteiger partial charge in [-0.15, -0.1) is 5.10 Å². The summed E-state index contributed by atoms with van der Waals surface area (Å²) in [6, 6.07) is 7.41. The Morgan fingerprint density at radius 2 is 1.97 bits per heavy atom. The monoisotopic (exact) mass is 516 g/mol. The van der Waals surface area contributed by atoms with Crippen molar-refractivity contribution in [1.29, 1.82) is 0 Å². The van der Waals surface area contributed by atoms with Gasteiger partial charge in [0.05, 0.1) is 43.3 Å². The van der Waals surface area contributed by atoms with Crippen LogP contribution in [0.2, 0.25) is 0 Å². The first-order valence-corrected chi connectivity index (χ1v) is 12.8. The van der Waals surface area contributed by atoms with Crippen LogP contribution in [0.25, 0.3) is 22.6 Å². The lowest BCUT2D eigenvalue weighted by atomic mass is 9.97. The first-order valence-electron chi connectivity index (χ1n) is 12.8. The van der Waals surface area contributed by atoms with Gasteiger partial charge < -0.3 is 19.5 Å². The number of imidazole rings is 1. The number of aromatic nitrogens is 5. The molecule has 1 fully saturated rings. The molecule has 0 bridgehead atoms. The van der Waals surface area contributed by atoms with Gasteiger partial charge in [-0.3, -0.25) is 9.79 Å². The van der Waals surface area contributed by atoms with Gasteiger partial charge in [-0.25, -0.2) is 14.5 Å². The van der Waals surface area contributed by atoms with E-state index >= 15 is 0 Å². The van der Waals surface area contributed by atoms with E-state index in [1.807, 2.05) is 54.9 Å². The fourth-order valence-corrected chi connectivity index (χ4v) is 5.02. The minimum Gasteiger partial charge on any atom is -0.453 e. The largest absolute Gasteiger partial charge is 0.453 e. The second-order valence-corrected chi connectivity index (χ2v) is 9.98. The highest BCUT2D eigenvalue weighted by atomic mass is 16.5. The minimum absolute atomic E-state index is 0.0641. The molecule has 2 aromatic heterocycles. The first kappa shape index (κ1) is 25.4. The van der Waals surface area contributed by atoms with E-state index in [0.29, 0.717) is 13.0 Å². The van der Waals surface area contributed by atoms with Crippen LogP contribution in [0.3, 0.4) is 0 Å². The zero-order chi connectivity index (χ0) is 26.8. The Labute approximate surface area is 221 Å². The molecule has 0 radical (unpaired) electrons. The topological polar surface area (TPSA) is 120 Å². The number of allylic oxidation sites excluding steroid dienone is 1. The van der Waals surface area contributed by atoms with Crippen molar-refractivity contribution >= 4 is 23.3 Å². The summed E-state index contributed by atoms with van der Waals surface area (Å²) in [5.74, 6) is -0.155. The van der Waals surface area contributed by atoms with Crippen LogP contribution < -0.4 is 5.32 Å². The number of ether oxygens (including phenoxy) is 1. The van der Waals surface area contributed by atoms with Crippen molar-refractivity contribution in [3.63, 3.8) is 0 Å². The molecule has 4 heterocycles. The van der Waals surface area contributed by atoms with E-state index in [9.17, 15) is 9.59 Å². The van der Waals surface area contributed by atoms with Crippen molar-refractivity contribution in [2.45, 2.75) is 45.2 Å². The van der Waals surface area contributed by atoms with Gasteiger partial charge in [-0.05, 0) is 42.0 Å². The van der Waals surface area contributed by atoms with Crippen molar-refractivity contribution in [2.24, 2.45) is 18.0 Å². The third-order valence-corrected chi connectivity index (χ3v) is 7.14. The van der Waals surface area contributed by atoms with E-state index in [0.717, 1.165) is 46.8 Å². The van der Waals surface area contributed by atoms with E-state index in [1.54, 1.807) is 17.2 Å². The summed E-state index contributed by atoms with van der Waals surface area (Å²) in [6.45, 7) is 4.48. The van der Waals surface area contributed by atoms with Crippen molar-refractivity contribution in [3.05, 3.63) is 54.7 Å². The molecule has 1 N–H and O–H groups in total. The van der Waals surface area contributed by atoms with E-state index < -0.39 is 12.1 Å². The maximum atomic E-state index is 13.4. The quantitative estimate of drug-likeness (QED) is 0.515. The van der Waals surface area contributed by atoms with Gasteiger partial charge >= 0.3 is 6.09 Å². The molecular weight excluding hydrogens is 484 g/mol. The molecule has 2 atom stereocenters. The molecular formula is C27H32N8O3. The summed E-state index contributed by atoms with van der Waals surface area (Å²) in [6.07, 6.45) is 9.12. The molecule has 0 spiro atoms. The van der Waals surface area contributed by atoms with Crippen LogP contribution in [-0.2, 0) is 16.6 Å². The number of benzene rings is 1. The van der Waals surface area contributed by atoms with Gasteiger partial charge in [-0.2, -0.15) is 0 Å². The summed E-state index contributed by atoms with van der Waals surface area (Å²) in [5.41, 5.74) is 5.71. The van der Waals surface area contributed by atoms with Gasteiger partial charge in [0, 0.05) is 31.9 Å². The van der Waals surface area contributed by atoms with Crippen LogP contribution in [0.1, 0.15) is 38.7 Å². The molecule has 1 saturated heterocycles. The molecule has 11 nitrogen and oxygen atoms in total. The summed E-state index contributed by atoms with van der Waals surface area (Å²) in [4.78, 5) is 35.9. The lowest BCUT2D eigenvalue weighted by molar-refractivity contribution is -0.134. The summed E-state index contributed by atoms with van der Waals surface area (Å²) in [5, 5.41) is 11.2. The molecule has 2 aliphatic rings. The molecule has 0 unspecified atom stereocenters. The van der Waals surface area contributed by atoms with Gasteiger partial charge in [0.2, 0.25) is 5.91 Å². The highest BCUT2D eigenvalue weighted by Gasteiger charge is 2.38. The Morgan fingerprint density at radius 1 is 1.18 bits per heavy atom. The molecule has 3 aromatic rings. The Morgan fingerprint density at radius 3 is 2.66 bits per heavy atom. The highest BCUT2D eigenvalue weighted by Crippen LogP contribution is 2.31. The Kier molecular flexibility index (Phi) is 7.08. The number of nitrogens with zero attached hydrogens (tertiary/aromatic N) is 7. The third kappa shape index (κ3) is 4.96. The normalized spacial score (nSPS) is 17.9. The second-order valence-electron chi connectivity index (χ2n) is 9.98. The van der Waals surface area contributed by atoms with Crippen LogP contribution in [0.15, 0.2) is 54.2 Å². The second kappa shape index (κ2) is 10.6. The smallest absolute Gasteiger partial charge is 0.407 e. The SMILES string of the molecule is COC(=O)N[C@H](C(=O)N1CCC[C@H]1C1=NC=C(c2ccc(-n3cc(-c4cncn4C)nn3)cc2)C1)C(C)C. The minimum atomic E-state index is -0.639. The van der Waals surface area contributed by atoms with Crippen LogP contribution in [0.5, 0.6) is 0 Å². The number of aliphatic imine (C=N–C) groups is 1. The number of carbonyl (C=O) groups excluding carboxylic acids is 2. The number of aryl methyl sites for hydroxylation is 1. The number of alkyl carbamates (subject to hydrolysis) is 1. The van der Waals surface area contributed by atoms with Gasteiger partial charge in [0.25, 0.3) is 0 Å². The van der Waals surface area contributed by atoms with E-state index in [1.165, 1.54) is 7.11 Å². The highest BCUT2D eigenvalue weighted by molar-refractivity contribution is 6.03. The van der Waals surface area contributed by atoms with E-state index in [-0.39, 0.29) is 17.9 Å². The third-order valence-electron chi connectivity index (χ3n) is 7.14. The molecule has 2 amide bonds. The standard InChI is InChI=1S/C27H32N8O3/c1-17(2)25(30-27(37)38-4)26(36)34-11-5-6-23(34)21-12-19(13-29-21)18-7-9-20(10-8-18)35-15-22(31-32-35)24-14-28-16-33(24)3/h7-10,13-17,23,25H,5-6,11-12H2,1-4H3,(H,30,37)/t23-,25-/m0/s1. The van der Waals surface area contributed by atoms with Crippen LogP contribution in [0, 0.1) is 5.92 Å². The summed E-state index contributed by atoms with van der Waals surface area (Å²) in [7, 11) is 3.22. The predicted octanol–water partition coefficient (Wildman–Crippen LogP) is 3.23. The van der Waals surface area contributed by atoms with Crippen LogP contribution >= 0.6 is 0 Å². The van der Waals surface area contributed by atoms with Gasteiger partial charge in [0.15, 0.2) is 0 Å². The van der Waals surface area contributed by atoms with E-state index in [4.69, 9.17) is 9.73 Å². The molecule has 11 heteroatoms. The molecule has 38 heavy (non-hydrogen) atoms. The number of hydrogen-bond acceptors (Lipinski definition) is 7. The van der Waals surface area contributed by atoms with Crippen LogP contribution in [0.4, 0.5) is 4.79 Å². The molecule has 5 rings (SSSR count). The Hall–Kier alpha value is -4.28. The fraction of sp³-hybridized carbons (Fsp3) is 0.407. The van der Waals surface area contributed by atoms with Crippen molar-refractivity contribution in [1.82, 2.24) is 34.8 Å². The van der Waals surface area contributed by atoms with Crippen LogP contribution in [-0.4, -0.2) is 72.9 Å². The summed E-state index contributed by atoms with van der Waals surface area (Å²) < 4.78 is 8.37. The molecule has 0 aliphatic carbocycles. The average Bonchev–Trinajstić information content (AvgIpc) is 3.72. The fourth-order valence-electron chi connectivity index (χ4n) is 5.02. The molecule has 0 saturated carbocycles. The molecule has 198 valence electrons. The maximum Gasteiger partial charge on any atom is 0.407 e. The van der Waals surface area contributed by atoms with E-state index in [2.05, 4.69) is 32.7 Å². The Balaban J connectivity index is 1.25. The number of carbonyl (C=O) groups is 2. The zero-order valence-corrected chi connectivity index (χ0v) is 22.0. The number of nitrogens with one attached hydrogen (secondary N) is 1.